The average molecular weight is 193 g/mol. The van der Waals surface area contributed by atoms with E-state index in [0.717, 1.165) is 5.57 Å². The van der Waals surface area contributed by atoms with Gasteiger partial charge in [-0.15, -0.1) is 0 Å². The number of allylic oxidation sites excluding steroid dienone is 1. The molecule has 0 saturated carbocycles. The quantitative estimate of drug-likeness (QED) is 0.615. The maximum atomic E-state index is 11.3. The molecule has 76 valence electrons. The zero-order valence-electron chi connectivity index (χ0n) is 8.50. The molecule has 0 spiro atoms. The molecule has 1 aliphatic heterocycles. The highest BCUT2D eigenvalue weighted by atomic mass is 16.1. The van der Waals surface area contributed by atoms with E-state index < -0.39 is 0 Å². The van der Waals surface area contributed by atoms with Gasteiger partial charge < -0.3 is 10.6 Å². The Morgan fingerprint density at radius 1 is 1.57 bits per heavy atom. The van der Waals surface area contributed by atoms with Crippen LogP contribution in [0.5, 0.6) is 0 Å². The fourth-order valence-electron chi connectivity index (χ4n) is 1.45. The van der Waals surface area contributed by atoms with E-state index in [1.807, 2.05) is 13.8 Å². The number of nitriles is 1. The molecule has 1 saturated heterocycles. The molecule has 2 unspecified atom stereocenters. The Labute approximate surface area is 84.0 Å². The summed E-state index contributed by atoms with van der Waals surface area (Å²) in [5, 5.41) is 14.7. The first-order valence-corrected chi connectivity index (χ1v) is 4.69. The van der Waals surface area contributed by atoms with Gasteiger partial charge in [0.15, 0.2) is 0 Å². The summed E-state index contributed by atoms with van der Waals surface area (Å²) >= 11 is 0. The number of nitrogens with one attached hydrogen (secondary N) is 2. The molecule has 0 aromatic carbocycles. The zero-order valence-corrected chi connectivity index (χ0v) is 8.50. The minimum atomic E-state index is -0.112. The highest BCUT2D eigenvalue weighted by Crippen LogP contribution is 2.07. The number of hydrogen-bond acceptors (Lipinski definition) is 3. The molecular weight excluding hydrogens is 178 g/mol. The van der Waals surface area contributed by atoms with Crippen molar-refractivity contribution in [2.75, 3.05) is 13.1 Å². The summed E-state index contributed by atoms with van der Waals surface area (Å²) in [5.41, 5.74) is 0.960. The Bertz CT molecular complexity index is 286. The van der Waals surface area contributed by atoms with E-state index >= 15 is 0 Å². The molecule has 0 radical (unpaired) electrons. The second-order valence-electron chi connectivity index (χ2n) is 3.73. The van der Waals surface area contributed by atoms with Gasteiger partial charge in [-0.1, -0.05) is 5.57 Å². The molecule has 4 heteroatoms. The Morgan fingerprint density at radius 2 is 2.29 bits per heavy atom. The van der Waals surface area contributed by atoms with E-state index in [2.05, 4.69) is 16.7 Å². The van der Waals surface area contributed by atoms with Crippen LogP contribution in [0.15, 0.2) is 11.6 Å². The van der Waals surface area contributed by atoms with Gasteiger partial charge in [0.1, 0.15) is 0 Å². The summed E-state index contributed by atoms with van der Waals surface area (Å²) < 4.78 is 0. The monoisotopic (exact) mass is 193 g/mol. The van der Waals surface area contributed by atoms with Crippen molar-refractivity contribution in [1.82, 2.24) is 10.6 Å². The van der Waals surface area contributed by atoms with E-state index in [1.54, 1.807) is 6.08 Å². The van der Waals surface area contributed by atoms with Gasteiger partial charge in [0, 0.05) is 19.2 Å². The van der Waals surface area contributed by atoms with Crippen LogP contribution in [0.2, 0.25) is 0 Å². The van der Waals surface area contributed by atoms with Gasteiger partial charge in [-0.05, 0) is 13.8 Å². The Balaban J connectivity index is 2.49. The molecule has 1 fully saturated rings. The Hall–Kier alpha value is -1.34. The first-order valence-electron chi connectivity index (χ1n) is 4.69. The van der Waals surface area contributed by atoms with Crippen LogP contribution in [0.4, 0.5) is 0 Å². The number of amides is 1. The predicted octanol–water partition coefficient (Wildman–Crippen LogP) is 0.180. The van der Waals surface area contributed by atoms with Crippen molar-refractivity contribution in [2.24, 2.45) is 5.92 Å². The lowest BCUT2D eigenvalue weighted by Gasteiger charge is -2.12. The molecule has 1 amide bonds. The highest BCUT2D eigenvalue weighted by molar-refractivity contribution is 5.88. The van der Waals surface area contributed by atoms with Gasteiger partial charge in [0.2, 0.25) is 5.91 Å². The molecular formula is C10H15N3O. The molecule has 1 heterocycles. The van der Waals surface area contributed by atoms with Crippen LogP contribution < -0.4 is 10.6 Å². The molecule has 1 rings (SSSR count). The third-order valence-electron chi connectivity index (χ3n) is 2.13. The van der Waals surface area contributed by atoms with Crippen molar-refractivity contribution < 1.29 is 4.79 Å². The number of carbonyl (C=O) groups is 1. The van der Waals surface area contributed by atoms with Crippen LogP contribution in [-0.4, -0.2) is 25.0 Å². The maximum Gasteiger partial charge on any atom is 0.244 e. The van der Waals surface area contributed by atoms with Gasteiger partial charge in [0.25, 0.3) is 0 Å². The summed E-state index contributed by atoms with van der Waals surface area (Å²) in [6.07, 6.45) is 1.55. The smallest absolute Gasteiger partial charge is 0.244 e. The average Bonchev–Trinajstić information content (AvgIpc) is 2.50. The van der Waals surface area contributed by atoms with Crippen molar-refractivity contribution in [1.29, 1.82) is 5.26 Å². The summed E-state index contributed by atoms with van der Waals surface area (Å²) in [6, 6.07) is 2.12. The zero-order chi connectivity index (χ0) is 10.6. The maximum absolute atomic E-state index is 11.3. The number of carbonyl (C=O) groups excluding carboxylic acids is 1. The molecule has 2 atom stereocenters. The van der Waals surface area contributed by atoms with Crippen LogP contribution in [0, 0.1) is 17.2 Å². The molecule has 0 aromatic rings. The molecule has 0 aliphatic carbocycles. The van der Waals surface area contributed by atoms with Crippen molar-refractivity contribution >= 4 is 5.91 Å². The lowest BCUT2D eigenvalue weighted by molar-refractivity contribution is -0.117. The van der Waals surface area contributed by atoms with Crippen molar-refractivity contribution in [3.8, 4) is 6.07 Å². The topological polar surface area (TPSA) is 64.9 Å². The van der Waals surface area contributed by atoms with E-state index in [4.69, 9.17) is 5.26 Å². The molecule has 0 bridgehead atoms. The van der Waals surface area contributed by atoms with Crippen molar-refractivity contribution in [3.05, 3.63) is 11.6 Å². The predicted molar refractivity (Wildman–Crippen MR) is 53.3 cm³/mol. The molecule has 0 aromatic heterocycles. The lowest BCUT2D eigenvalue weighted by Crippen LogP contribution is -2.39. The Kier molecular flexibility index (Phi) is 3.66. The fourth-order valence-corrected chi connectivity index (χ4v) is 1.45. The summed E-state index contributed by atoms with van der Waals surface area (Å²) in [5.74, 6) is -0.219. The summed E-state index contributed by atoms with van der Waals surface area (Å²) in [6.45, 7) is 5.08. The summed E-state index contributed by atoms with van der Waals surface area (Å²) in [7, 11) is 0. The van der Waals surface area contributed by atoms with Crippen LogP contribution in [0.25, 0.3) is 0 Å². The summed E-state index contributed by atoms with van der Waals surface area (Å²) in [4.78, 5) is 11.3. The first-order chi connectivity index (χ1) is 6.63. The fraction of sp³-hybridized carbons (Fsp3) is 0.600. The van der Waals surface area contributed by atoms with Crippen molar-refractivity contribution in [2.45, 2.75) is 19.9 Å². The molecule has 2 N–H and O–H groups in total. The molecule has 4 nitrogen and oxygen atoms in total. The van der Waals surface area contributed by atoms with E-state index in [0.29, 0.717) is 13.1 Å². The van der Waals surface area contributed by atoms with Crippen LogP contribution >= 0.6 is 0 Å². The minimum Gasteiger partial charge on any atom is -0.347 e. The second kappa shape index (κ2) is 4.77. The SMILES string of the molecule is CC(C)=CC(=O)NC1CNCC1C#N. The standard InChI is InChI=1S/C10H15N3O/c1-7(2)3-10(14)13-9-6-12-5-8(9)4-11/h3,8-9,12H,5-6H2,1-2H3,(H,13,14). The van der Waals surface area contributed by atoms with Gasteiger partial charge in [-0.2, -0.15) is 5.26 Å². The third kappa shape index (κ3) is 2.86. The largest absolute Gasteiger partial charge is 0.347 e. The Morgan fingerprint density at radius 3 is 2.86 bits per heavy atom. The van der Waals surface area contributed by atoms with Gasteiger partial charge in [0.05, 0.1) is 18.0 Å². The second-order valence-corrected chi connectivity index (χ2v) is 3.73. The van der Waals surface area contributed by atoms with Crippen molar-refractivity contribution in [3.63, 3.8) is 0 Å². The normalized spacial score (nSPS) is 25.2. The van der Waals surface area contributed by atoms with Gasteiger partial charge in [-0.3, -0.25) is 4.79 Å². The molecule has 1 aliphatic rings. The minimum absolute atomic E-state index is 0.0527. The van der Waals surface area contributed by atoms with E-state index in [-0.39, 0.29) is 17.9 Å². The first kappa shape index (κ1) is 10.7. The van der Waals surface area contributed by atoms with E-state index in [1.165, 1.54) is 0 Å². The number of nitrogens with zero attached hydrogens (tertiary/aromatic N) is 1. The number of rotatable bonds is 2. The number of hydrogen-bond donors (Lipinski definition) is 2. The van der Waals surface area contributed by atoms with Gasteiger partial charge in [-0.25, -0.2) is 0 Å². The van der Waals surface area contributed by atoms with Crippen LogP contribution in [0.1, 0.15) is 13.8 Å². The van der Waals surface area contributed by atoms with Gasteiger partial charge >= 0.3 is 0 Å². The third-order valence-corrected chi connectivity index (χ3v) is 2.13. The van der Waals surface area contributed by atoms with Crippen LogP contribution in [0.3, 0.4) is 0 Å². The van der Waals surface area contributed by atoms with E-state index in [9.17, 15) is 4.79 Å². The lowest BCUT2D eigenvalue weighted by atomic mass is 10.1. The molecule has 14 heavy (non-hydrogen) atoms. The van der Waals surface area contributed by atoms with Crippen LogP contribution in [-0.2, 0) is 4.79 Å². The highest BCUT2D eigenvalue weighted by Gasteiger charge is 2.27.